The molecule has 3 rings (SSSR count). The second-order valence-electron chi connectivity index (χ2n) is 4.60. The molecular formula is C13H16N6O. The first-order valence-electron chi connectivity index (χ1n) is 6.47. The largest absolute Gasteiger partial charge is 0.382 e. The van der Waals surface area contributed by atoms with Crippen molar-refractivity contribution in [3.05, 3.63) is 35.9 Å². The van der Waals surface area contributed by atoms with Gasteiger partial charge in [0.15, 0.2) is 5.82 Å². The van der Waals surface area contributed by atoms with Gasteiger partial charge in [0.25, 0.3) is 5.91 Å². The lowest BCUT2D eigenvalue weighted by molar-refractivity contribution is 0.0950. The lowest BCUT2D eigenvalue weighted by Crippen LogP contribution is -2.27. The van der Waals surface area contributed by atoms with Gasteiger partial charge in [0.05, 0.1) is 23.5 Å². The predicted molar refractivity (Wildman–Crippen MR) is 75.6 cm³/mol. The molecule has 0 unspecified atom stereocenters. The lowest BCUT2D eigenvalue weighted by Gasteiger charge is -2.22. The average molecular weight is 272 g/mol. The predicted octanol–water partition coefficient (Wildman–Crippen LogP) is 0.582. The van der Waals surface area contributed by atoms with E-state index in [1.807, 2.05) is 12.1 Å². The Labute approximate surface area is 116 Å². The van der Waals surface area contributed by atoms with Crippen LogP contribution in [0.15, 0.2) is 24.5 Å². The van der Waals surface area contributed by atoms with Crippen LogP contribution in [0.2, 0.25) is 0 Å². The Morgan fingerprint density at radius 2 is 2.25 bits per heavy atom. The molecular weight excluding hydrogens is 256 g/mol. The molecule has 0 aliphatic carbocycles. The van der Waals surface area contributed by atoms with E-state index in [0.717, 1.165) is 24.5 Å². The van der Waals surface area contributed by atoms with E-state index in [2.05, 4.69) is 26.0 Å². The standard InChI is InChI=1S/C13H16N6O/c1-19-8-17-11(18-19)7-16-13(20)9-3-2-4-10-12(9)15-6-5-14-10/h2-4,8,14-15H,5-7H2,1H3,(H,16,20). The third-order valence-electron chi connectivity index (χ3n) is 3.11. The molecule has 7 heteroatoms. The SMILES string of the molecule is Cn1cnc(CNC(=O)c2cccc3c2NCCN3)n1. The lowest BCUT2D eigenvalue weighted by atomic mass is 10.1. The van der Waals surface area contributed by atoms with Crippen LogP contribution in [0, 0.1) is 0 Å². The molecule has 0 radical (unpaired) electrons. The van der Waals surface area contributed by atoms with Gasteiger partial charge in [-0.3, -0.25) is 9.48 Å². The summed E-state index contributed by atoms with van der Waals surface area (Å²) in [5.41, 5.74) is 2.44. The van der Waals surface area contributed by atoms with Crippen LogP contribution in [0.5, 0.6) is 0 Å². The number of benzene rings is 1. The minimum atomic E-state index is -0.134. The molecule has 2 heterocycles. The number of nitrogens with zero attached hydrogens (tertiary/aromatic N) is 3. The van der Waals surface area contributed by atoms with Gasteiger partial charge in [-0.05, 0) is 12.1 Å². The van der Waals surface area contributed by atoms with Gasteiger partial charge < -0.3 is 16.0 Å². The summed E-state index contributed by atoms with van der Waals surface area (Å²) in [5, 5.41) is 13.5. The Hall–Kier alpha value is -2.57. The van der Waals surface area contributed by atoms with Gasteiger partial charge in [-0.25, -0.2) is 4.98 Å². The van der Waals surface area contributed by atoms with Gasteiger partial charge in [-0.15, -0.1) is 0 Å². The van der Waals surface area contributed by atoms with Crippen LogP contribution in [0.25, 0.3) is 0 Å². The highest BCUT2D eigenvalue weighted by atomic mass is 16.1. The number of hydrogen-bond acceptors (Lipinski definition) is 5. The van der Waals surface area contributed by atoms with Crippen molar-refractivity contribution in [1.82, 2.24) is 20.1 Å². The molecule has 3 N–H and O–H groups in total. The number of hydrogen-bond donors (Lipinski definition) is 3. The third kappa shape index (κ3) is 2.42. The van der Waals surface area contributed by atoms with Crippen molar-refractivity contribution in [3.63, 3.8) is 0 Å². The molecule has 0 bridgehead atoms. The smallest absolute Gasteiger partial charge is 0.253 e. The van der Waals surface area contributed by atoms with Crippen molar-refractivity contribution >= 4 is 17.3 Å². The minimum Gasteiger partial charge on any atom is -0.382 e. The Bertz CT molecular complexity index is 636. The van der Waals surface area contributed by atoms with Crippen molar-refractivity contribution in [2.45, 2.75) is 6.54 Å². The summed E-state index contributed by atoms with van der Waals surface area (Å²) in [5.74, 6) is 0.460. The van der Waals surface area contributed by atoms with E-state index >= 15 is 0 Å². The second-order valence-corrected chi connectivity index (χ2v) is 4.60. The Kier molecular flexibility index (Phi) is 3.24. The molecule has 1 aromatic carbocycles. The van der Waals surface area contributed by atoms with Crippen molar-refractivity contribution < 1.29 is 4.79 Å². The van der Waals surface area contributed by atoms with Crippen LogP contribution in [-0.4, -0.2) is 33.8 Å². The van der Waals surface area contributed by atoms with Crippen LogP contribution in [0.1, 0.15) is 16.2 Å². The molecule has 2 aromatic rings. The molecule has 1 aromatic heterocycles. The zero-order chi connectivity index (χ0) is 13.9. The van der Waals surface area contributed by atoms with E-state index in [1.165, 1.54) is 0 Å². The summed E-state index contributed by atoms with van der Waals surface area (Å²) >= 11 is 0. The van der Waals surface area contributed by atoms with E-state index in [9.17, 15) is 4.79 Å². The van der Waals surface area contributed by atoms with Gasteiger partial charge >= 0.3 is 0 Å². The van der Waals surface area contributed by atoms with Crippen molar-refractivity contribution in [3.8, 4) is 0 Å². The van der Waals surface area contributed by atoms with Crippen molar-refractivity contribution in [2.75, 3.05) is 23.7 Å². The molecule has 0 fully saturated rings. The summed E-state index contributed by atoms with van der Waals surface area (Å²) in [7, 11) is 1.79. The summed E-state index contributed by atoms with van der Waals surface area (Å²) in [6.45, 7) is 1.98. The molecule has 0 saturated carbocycles. The molecule has 1 aliphatic rings. The monoisotopic (exact) mass is 272 g/mol. The number of nitrogens with one attached hydrogen (secondary N) is 3. The zero-order valence-electron chi connectivity index (χ0n) is 11.2. The van der Waals surface area contributed by atoms with Crippen molar-refractivity contribution in [2.24, 2.45) is 7.05 Å². The molecule has 1 aliphatic heterocycles. The number of anilines is 2. The quantitative estimate of drug-likeness (QED) is 0.761. The van der Waals surface area contributed by atoms with E-state index in [-0.39, 0.29) is 5.91 Å². The highest BCUT2D eigenvalue weighted by Gasteiger charge is 2.17. The Morgan fingerprint density at radius 3 is 3.05 bits per heavy atom. The first kappa shape index (κ1) is 12.5. The second kappa shape index (κ2) is 5.20. The van der Waals surface area contributed by atoms with Gasteiger partial charge in [0.1, 0.15) is 6.33 Å². The first-order chi connectivity index (χ1) is 9.74. The summed E-state index contributed by atoms with van der Waals surface area (Å²) in [6, 6.07) is 5.63. The van der Waals surface area contributed by atoms with Gasteiger partial charge in [0, 0.05) is 20.1 Å². The fraction of sp³-hybridized carbons (Fsp3) is 0.308. The maximum Gasteiger partial charge on any atom is 0.253 e. The zero-order valence-corrected chi connectivity index (χ0v) is 11.2. The van der Waals surface area contributed by atoms with E-state index in [1.54, 1.807) is 24.1 Å². The van der Waals surface area contributed by atoms with Crippen molar-refractivity contribution in [1.29, 1.82) is 0 Å². The number of carbonyl (C=O) groups is 1. The highest BCUT2D eigenvalue weighted by molar-refractivity contribution is 6.02. The van der Waals surface area contributed by atoms with Gasteiger partial charge in [-0.1, -0.05) is 6.07 Å². The molecule has 20 heavy (non-hydrogen) atoms. The van der Waals surface area contributed by atoms with Crippen LogP contribution >= 0.6 is 0 Å². The van der Waals surface area contributed by atoms with E-state index in [4.69, 9.17) is 0 Å². The fourth-order valence-corrected chi connectivity index (χ4v) is 2.18. The number of aryl methyl sites for hydroxylation is 1. The summed E-state index contributed by atoms with van der Waals surface area (Å²) in [6.07, 6.45) is 1.61. The molecule has 104 valence electrons. The topological polar surface area (TPSA) is 83.9 Å². The molecule has 0 saturated heterocycles. The third-order valence-corrected chi connectivity index (χ3v) is 3.11. The fourth-order valence-electron chi connectivity index (χ4n) is 2.18. The minimum absolute atomic E-state index is 0.134. The number of para-hydroxylation sites is 1. The van der Waals surface area contributed by atoms with Crippen LogP contribution < -0.4 is 16.0 Å². The maximum atomic E-state index is 12.3. The van der Waals surface area contributed by atoms with Crippen LogP contribution in [0.4, 0.5) is 11.4 Å². The Balaban J connectivity index is 1.74. The van der Waals surface area contributed by atoms with E-state index < -0.39 is 0 Å². The first-order valence-corrected chi connectivity index (χ1v) is 6.47. The Morgan fingerprint density at radius 1 is 1.40 bits per heavy atom. The van der Waals surface area contributed by atoms with Crippen LogP contribution in [0.3, 0.4) is 0 Å². The number of rotatable bonds is 3. The number of amides is 1. The number of aromatic nitrogens is 3. The number of fused-ring (bicyclic) bond motifs is 1. The molecule has 7 nitrogen and oxygen atoms in total. The normalized spacial score (nSPS) is 13.1. The molecule has 1 amide bonds. The molecule has 0 atom stereocenters. The van der Waals surface area contributed by atoms with Crippen LogP contribution in [-0.2, 0) is 13.6 Å². The highest BCUT2D eigenvalue weighted by Crippen LogP contribution is 2.28. The summed E-state index contributed by atoms with van der Waals surface area (Å²) < 4.78 is 1.61. The maximum absolute atomic E-state index is 12.3. The summed E-state index contributed by atoms with van der Waals surface area (Å²) in [4.78, 5) is 16.3. The van der Waals surface area contributed by atoms with Gasteiger partial charge in [0.2, 0.25) is 0 Å². The van der Waals surface area contributed by atoms with Gasteiger partial charge in [-0.2, -0.15) is 5.10 Å². The van der Waals surface area contributed by atoms with E-state index in [0.29, 0.717) is 17.9 Å². The molecule has 0 spiro atoms. The number of carbonyl (C=O) groups excluding carboxylic acids is 1. The average Bonchev–Trinajstić information content (AvgIpc) is 2.90.